The lowest BCUT2D eigenvalue weighted by Crippen LogP contribution is -2.52. The summed E-state index contributed by atoms with van der Waals surface area (Å²) in [6.07, 6.45) is 6.52. The van der Waals surface area contributed by atoms with Gasteiger partial charge in [0, 0.05) is 20.2 Å². The molecule has 0 amide bonds. The standard InChI is InChI=1S/C18H34FN3O/c1-23-15-14-21-10-4-17(5-11-21)6-12-22(13-7-17)16-18(19)2-8-20-9-3-18/h20H,2-16H2,1H3. The lowest BCUT2D eigenvalue weighted by molar-refractivity contribution is -0.00132. The van der Waals surface area contributed by atoms with Crippen LogP contribution >= 0.6 is 0 Å². The molecule has 3 fully saturated rings. The summed E-state index contributed by atoms with van der Waals surface area (Å²) in [5, 5.41) is 3.27. The molecule has 0 aromatic heterocycles. The first kappa shape index (κ1) is 17.6. The molecule has 0 radical (unpaired) electrons. The lowest BCUT2D eigenvalue weighted by Gasteiger charge is -2.48. The molecule has 5 heteroatoms. The summed E-state index contributed by atoms with van der Waals surface area (Å²) in [5.41, 5.74) is -0.406. The molecule has 0 bridgehead atoms. The third-order valence-corrected chi connectivity index (χ3v) is 6.45. The van der Waals surface area contributed by atoms with Crippen LogP contribution in [-0.2, 0) is 4.74 Å². The lowest BCUT2D eigenvalue weighted by atomic mass is 9.71. The molecule has 0 unspecified atom stereocenters. The number of nitrogens with one attached hydrogen (secondary N) is 1. The Morgan fingerprint density at radius 2 is 1.48 bits per heavy atom. The van der Waals surface area contributed by atoms with Crippen LogP contribution in [0.5, 0.6) is 0 Å². The fourth-order valence-electron chi connectivity index (χ4n) is 4.59. The topological polar surface area (TPSA) is 27.7 Å². The van der Waals surface area contributed by atoms with Crippen LogP contribution in [-0.4, -0.2) is 81.5 Å². The summed E-state index contributed by atoms with van der Waals surface area (Å²) < 4.78 is 20.0. The van der Waals surface area contributed by atoms with E-state index >= 15 is 0 Å². The Kier molecular flexibility index (Phi) is 5.94. The molecule has 3 aliphatic heterocycles. The first-order chi connectivity index (χ1) is 11.1. The van der Waals surface area contributed by atoms with E-state index < -0.39 is 5.67 Å². The molecule has 3 saturated heterocycles. The Bertz CT molecular complexity index is 355. The van der Waals surface area contributed by atoms with E-state index in [1.807, 2.05) is 0 Å². The van der Waals surface area contributed by atoms with Gasteiger partial charge in [-0.1, -0.05) is 0 Å². The number of hydrogen-bond donors (Lipinski definition) is 1. The molecule has 1 spiro atoms. The Hall–Kier alpha value is -0.230. The normalized spacial score (nSPS) is 29.0. The predicted octanol–water partition coefficient (Wildman–Crippen LogP) is 1.90. The Morgan fingerprint density at radius 1 is 0.913 bits per heavy atom. The van der Waals surface area contributed by atoms with E-state index in [0.29, 0.717) is 24.8 Å². The van der Waals surface area contributed by atoms with E-state index in [2.05, 4.69) is 15.1 Å². The number of nitrogens with zero attached hydrogens (tertiary/aromatic N) is 2. The highest BCUT2D eigenvalue weighted by Gasteiger charge is 2.40. The van der Waals surface area contributed by atoms with E-state index in [9.17, 15) is 4.39 Å². The van der Waals surface area contributed by atoms with Crippen LogP contribution in [0.4, 0.5) is 4.39 Å². The van der Waals surface area contributed by atoms with Gasteiger partial charge in [-0.25, -0.2) is 4.39 Å². The van der Waals surface area contributed by atoms with Crippen molar-refractivity contribution >= 4 is 0 Å². The molecule has 0 aliphatic carbocycles. The molecule has 3 aliphatic rings. The van der Waals surface area contributed by atoms with E-state index in [1.54, 1.807) is 7.11 Å². The Labute approximate surface area is 140 Å². The highest BCUT2D eigenvalue weighted by molar-refractivity contribution is 4.94. The second-order valence-corrected chi connectivity index (χ2v) is 8.01. The molecule has 0 aromatic carbocycles. The second-order valence-electron chi connectivity index (χ2n) is 8.01. The maximum absolute atomic E-state index is 14.9. The minimum absolute atomic E-state index is 0.539. The molecule has 0 atom stereocenters. The molecule has 0 aromatic rings. The van der Waals surface area contributed by atoms with Crippen molar-refractivity contribution < 1.29 is 9.13 Å². The van der Waals surface area contributed by atoms with Gasteiger partial charge >= 0.3 is 0 Å². The van der Waals surface area contributed by atoms with Gasteiger partial charge < -0.3 is 19.9 Å². The fourth-order valence-corrected chi connectivity index (χ4v) is 4.59. The van der Waals surface area contributed by atoms with E-state index in [0.717, 1.165) is 39.3 Å². The van der Waals surface area contributed by atoms with Crippen molar-refractivity contribution in [2.75, 3.05) is 66.1 Å². The maximum Gasteiger partial charge on any atom is 0.126 e. The summed E-state index contributed by atoms with van der Waals surface area (Å²) in [6.45, 7) is 8.85. The highest BCUT2D eigenvalue weighted by Crippen LogP contribution is 2.41. The third-order valence-electron chi connectivity index (χ3n) is 6.45. The van der Waals surface area contributed by atoms with Gasteiger partial charge in [0.1, 0.15) is 5.67 Å². The number of likely N-dealkylation sites (tertiary alicyclic amines) is 2. The van der Waals surface area contributed by atoms with Crippen LogP contribution < -0.4 is 5.32 Å². The zero-order valence-electron chi connectivity index (χ0n) is 14.8. The van der Waals surface area contributed by atoms with Gasteiger partial charge in [-0.05, 0) is 83.2 Å². The number of methoxy groups -OCH3 is 1. The van der Waals surface area contributed by atoms with Gasteiger partial charge in [0.25, 0.3) is 0 Å². The quantitative estimate of drug-likeness (QED) is 0.835. The molecule has 134 valence electrons. The molecular formula is C18H34FN3O. The largest absolute Gasteiger partial charge is 0.383 e. The molecular weight excluding hydrogens is 293 g/mol. The SMILES string of the molecule is COCCN1CCC2(CC1)CCN(CC1(F)CCNCC1)CC2. The third kappa shape index (κ3) is 4.65. The van der Waals surface area contributed by atoms with Gasteiger partial charge in [-0.15, -0.1) is 0 Å². The van der Waals surface area contributed by atoms with Crippen molar-refractivity contribution in [3.63, 3.8) is 0 Å². The number of ether oxygens (including phenoxy) is 1. The number of rotatable bonds is 5. The van der Waals surface area contributed by atoms with Crippen LogP contribution in [0.1, 0.15) is 38.5 Å². The summed E-state index contributed by atoms with van der Waals surface area (Å²) in [7, 11) is 1.78. The summed E-state index contributed by atoms with van der Waals surface area (Å²) in [4.78, 5) is 4.93. The number of hydrogen-bond acceptors (Lipinski definition) is 4. The van der Waals surface area contributed by atoms with Crippen molar-refractivity contribution in [2.24, 2.45) is 5.41 Å². The van der Waals surface area contributed by atoms with Crippen molar-refractivity contribution in [1.82, 2.24) is 15.1 Å². The van der Waals surface area contributed by atoms with E-state index in [1.165, 1.54) is 38.8 Å². The number of piperidine rings is 3. The summed E-state index contributed by atoms with van der Waals surface area (Å²) in [5.74, 6) is 0. The smallest absolute Gasteiger partial charge is 0.126 e. The minimum Gasteiger partial charge on any atom is -0.383 e. The molecule has 3 heterocycles. The Balaban J connectivity index is 1.42. The maximum atomic E-state index is 14.9. The molecule has 4 nitrogen and oxygen atoms in total. The zero-order valence-corrected chi connectivity index (χ0v) is 14.8. The van der Waals surface area contributed by atoms with Gasteiger partial charge in [0.15, 0.2) is 0 Å². The molecule has 23 heavy (non-hydrogen) atoms. The average Bonchev–Trinajstić information content (AvgIpc) is 2.57. The van der Waals surface area contributed by atoms with Crippen molar-refractivity contribution in [3.8, 4) is 0 Å². The van der Waals surface area contributed by atoms with Crippen LogP contribution in [0.2, 0.25) is 0 Å². The highest BCUT2D eigenvalue weighted by atomic mass is 19.1. The molecule has 0 saturated carbocycles. The molecule has 3 rings (SSSR count). The van der Waals surface area contributed by atoms with Gasteiger partial charge in [0.2, 0.25) is 0 Å². The fraction of sp³-hybridized carbons (Fsp3) is 1.00. The van der Waals surface area contributed by atoms with Crippen LogP contribution in [0, 0.1) is 5.41 Å². The van der Waals surface area contributed by atoms with Crippen LogP contribution in [0.15, 0.2) is 0 Å². The molecule has 1 N–H and O–H groups in total. The van der Waals surface area contributed by atoms with Crippen molar-refractivity contribution in [1.29, 1.82) is 0 Å². The van der Waals surface area contributed by atoms with Crippen LogP contribution in [0.3, 0.4) is 0 Å². The second kappa shape index (κ2) is 7.77. The number of alkyl halides is 1. The Morgan fingerprint density at radius 3 is 2.04 bits per heavy atom. The van der Waals surface area contributed by atoms with Gasteiger partial charge in [-0.3, -0.25) is 0 Å². The van der Waals surface area contributed by atoms with Crippen molar-refractivity contribution in [3.05, 3.63) is 0 Å². The zero-order chi connectivity index (χ0) is 16.2. The minimum atomic E-state index is -0.945. The van der Waals surface area contributed by atoms with Crippen LogP contribution in [0.25, 0.3) is 0 Å². The number of halogens is 1. The van der Waals surface area contributed by atoms with Gasteiger partial charge in [0.05, 0.1) is 6.61 Å². The first-order valence-corrected chi connectivity index (χ1v) is 9.47. The predicted molar refractivity (Wildman–Crippen MR) is 91.6 cm³/mol. The monoisotopic (exact) mass is 327 g/mol. The van der Waals surface area contributed by atoms with Gasteiger partial charge in [-0.2, -0.15) is 0 Å². The first-order valence-electron chi connectivity index (χ1n) is 9.47. The summed E-state index contributed by atoms with van der Waals surface area (Å²) >= 11 is 0. The average molecular weight is 327 g/mol. The van der Waals surface area contributed by atoms with Crippen molar-refractivity contribution in [2.45, 2.75) is 44.2 Å². The van der Waals surface area contributed by atoms with E-state index in [4.69, 9.17) is 4.74 Å². The summed E-state index contributed by atoms with van der Waals surface area (Å²) in [6, 6.07) is 0. The van der Waals surface area contributed by atoms with E-state index in [-0.39, 0.29) is 0 Å².